The van der Waals surface area contributed by atoms with Gasteiger partial charge in [-0.1, -0.05) is 80.9 Å². The molecule has 0 amide bonds. The first-order chi connectivity index (χ1) is 13.5. The number of carbonyl (C=O) groups is 1. The predicted octanol–water partition coefficient (Wildman–Crippen LogP) is 6.01. The summed E-state index contributed by atoms with van der Waals surface area (Å²) in [6.45, 7) is 9.85. The second-order valence-corrected chi connectivity index (χ2v) is 7.66. The van der Waals surface area contributed by atoms with Gasteiger partial charge >= 0.3 is 5.97 Å². The van der Waals surface area contributed by atoms with Crippen molar-refractivity contribution in [3.63, 3.8) is 0 Å². The highest BCUT2D eigenvalue weighted by molar-refractivity contribution is 5.70. The summed E-state index contributed by atoms with van der Waals surface area (Å²) in [6, 6.07) is 21.4. The molecule has 2 aromatic rings. The molecular formula is C25H35NO2. The van der Waals surface area contributed by atoms with Gasteiger partial charge in [-0.3, -0.25) is 9.69 Å². The van der Waals surface area contributed by atoms with Gasteiger partial charge in [0.25, 0.3) is 0 Å². The van der Waals surface area contributed by atoms with Crippen molar-refractivity contribution in [1.82, 2.24) is 4.90 Å². The number of esters is 1. The molecule has 0 bridgehead atoms. The summed E-state index contributed by atoms with van der Waals surface area (Å²) in [4.78, 5) is 14.9. The van der Waals surface area contributed by atoms with E-state index in [4.69, 9.17) is 4.74 Å². The molecule has 0 radical (unpaired) electrons. The van der Waals surface area contributed by atoms with Crippen LogP contribution < -0.4 is 0 Å². The van der Waals surface area contributed by atoms with Gasteiger partial charge in [-0.05, 0) is 37.3 Å². The van der Waals surface area contributed by atoms with Gasteiger partial charge < -0.3 is 4.74 Å². The van der Waals surface area contributed by atoms with E-state index in [-0.39, 0.29) is 18.1 Å². The van der Waals surface area contributed by atoms with Gasteiger partial charge in [0.05, 0.1) is 13.0 Å². The fraction of sp³-hybridized carbons (Fsp3) is 0.480. The molecule has 0 aliphatic carbocycles. The van der Waals surface area contributed by atoms with E-state index in [1.54, 1.807) is 0 Å². The van der Waals surface area contributed by atoms with Gasteiger partial charge in [0.15, 0.2) is 0 Å². The molecule has 0 saturated carbocycles. The fourth-order valence-electron chi connectivity index (χ4n) is 3.68. The quantitative estimate of drug-likeness (QED) is 0.447. The molecule has 0 N–H and O–H groups in total. The normalized spacial score (nSPS) is 14.5. The van der Waals surface area contributed by atoms with E-state index in [1.165, 1.54) is 11.1 Å². The van der Waals surface area contributed by atoms with Crippen molar-refractivity contribution in [3.05, 3.63) is 71.8 Å². The maximum Gasteiger partial charge on any atom is 0.307 e. The van der Waals surface area contributed by atoms with Crippen LogP contribution in [-0.4, -0.2) is 23.5 Å². The van der Waals surface area contributed by atoms with Crippen molar-refractivity contribution in [2.24, 2.45) is 5.92 Å². The van der Waals surface area contributed by atoms with E-state index in [9.17, 15) is 4.79 Å². The third kappa shape index (κ3) is 6.79. The molecule has 0 heterocycles. The summed E-state index contributed by atoms with van der Waals surface area (Å²) in [5.41, 5.74) is 2.54. The van der Waals surface area contributed by atoms with E-state index in [2.05, 4.69) is 74.2 Å². The predicted molar refractivity (Wildman–Crippen MR) is 116 cm³/mol. The lowest BCUT2D eigenvalue weighted by atomic mass is 9.93. The lowest BCUT2D eigenvalue weighted by Crippen LogP contribution is -2.39. The first kappa shape index (κ1) is 22.2. The van der Waals surface area contributed by atoms with Gasteiger partial charge in [-0.2, -0.15) is 0 Å². The summed E-state index contributed by atoms with van der Waals surface area (Å²) in [6.07, 6.45) is 2.53. The van der Waals surface area contributed by atoms with Gasteiger partial charge in [-0.25, -0.2) is 0 Å². The SMILES string of the molecule is CCOC(=O)CC(CC(C)CC)N(Cc1ccccc1)C(C)c1ccccc1. The standard InChI is InChI=1S/C25H35NO2/c1-5-20(3)17-24(18-25(27)28-6-2)26(19-22-13-9-7-10-14-22)21(4)23-15-11-8-12-16-23/h7-16,20-21,24H,5-6,17-19H2,1-4H3. The van der Waals surface area contributed by atoms with Crippen LogP contribution in [0, 0.1) is 5.92 Å². The summed E-state index contributed by atoms with van der Waals surface area (Å²) in [5.74, 6) is 0.454. The minimum Gasteiger partial charge on any atom is -0.466 e. The molecule has 28 heavy (non-hydrogen) atoms. The van der Waals surface area contributed by atoms with Crippen LogP contribution in [0.2, 0.25) is 0 Å². The van der Waals surface area contributed by atoms with Crippen LogP contribution in [0.5, 0.6) is 0 Å². The molecule has 152 valence electrons. The average molecular weight is 382 g/mol. The highest BCUT2D eigenvalue weighted by Crippen LogP contribution is 2.29. The smallest absolute Gasteiger partial charge is 0.307 e. The van der Waals surface area contributed by atoms with Crippen LogP contribution in [0.25, 0.3) is 0 Å². The Hall–Kier alpha value is -2.13. The number of nitrogens with zero attached hydrogens (tertiary/aromatic N) is 1. The minimum absolute atomic E-state index is 0.103. The van der Waals surface area contributed by atoms with Crippen LogP contribution in [0.15, 0.2) is 60.7 Å². The van der Waals surface area contributed by atoms with E-state index in [0.717, 1.165) is 19.4 Å². The second kappa shape index (κ2) is 11.7. The molecule has 0 aliphatic heterocycles. The topological polar surface area (TPSA) is 29.5 Å². The molecule has 2 aromatic carbocycles. The zero-order chi connectivity index (χ0) is 20.4. The maximum atomic E-state index is 12.4. The van der Waals surface area contributed by atoms with E-state index in [0.29, 0.717) is 18.9 Å². The molecular weight excluding hydrogens is 346 g/mol. The molecule has 0 spiro atoms. The van der Waals surface area contributed by atoms with Crippen molar-refractivity contribution in [3.8, 4) is 0 Å². The van der Waals surface area contributed by atoms with E-state index < -0.39 is 0 Å². The minimum atomic E-state index is -0.103. The second-order valence-electron chi connectivity index (χ2n) is 7.66. The van der Waals surface area contributed by atoms with E-state index >= 15 is 0 Å². The molecule has 3 heteroatoms. The first-order valence-corrected chi connectivity index (χ1v) is 10.5. The Morgan fingerprint density at radius 1 is 0.964 bits per heavy atom. The summed E-state index contributed by atoms with van der Waals surface area (Å²) in [5, 5.41) is 0. The summed E-state index contributed by atoms with van der Waals surface area (Å²) >= 11 is 0. The lowest BCUT2D eigenvalue weighted by molar-refractivity contribution is -0.145. The van der Waals surface area contributed by atoms with Crippen LogP contribution in [0.1, 0.15) is 64.1 Å². The van der Waals surface area contributed by atoms with Crippen molar-refractivity contribution in [2.75, 3.05) is 6.61 Å². The van der Waals surface area contributed by atoms with Crippen LogP contribution in [0.4, 0.5) is 0 Å². The Morgan fingerprint density at radius 3 is 2.14 bits per heavy atom. The first-order valence-electron chi connectivity index (χ1n) is 10.5. The fourth-order valence-corrected chi connectivity index (χ4v) is 3.68. The molecule has 2 rings (SSSR count). The largest absolute Gasteiger partial charge is 0.466 e. The van der Waals surface area contributed by atoms with Gasteiger partial charge in [0, 0.05) is 18.6 Å². The molecule has 0 aromatic heterocycles. The van der Waals surface area contributed by atoms with Gasteiger partial charge in [0.2, 0.25) is 0 Å². The number of rotatable bonds is 11. The number of ether oxygens (including phenoxy) is 1. The van der Waals surface area contributed by atoms with Gasteiger partial charge in [-0.15, -0.1) is 0 Å². The average Bonchev–Trinajstić information content (AvgIpc) is 2.72. The van der Waals surface area contributed by atoms with Crippen molar-refractivity contribution < 1.29 is 9.53 Å². The van der Waals surface area contributed by atoms with Crippen molar-refractivity contribution >= 4 is 5.97 Å². The van der Waals surface area contributed by atoms with Crippen LogP contribution in [-0.2, 0) is 16.1 Å². The van der Waals surface area contributed by atoms with Crippen molar-refractivity contribution in [1.29, 1.82) is 0 Å². The maximum absolute atomic E-state index is 12.4. The molecule has 0 aliphatic rings. The zero-order valence-electron chi connectivity index (χ0n) is 17.8. The molecule has 3 nitrogen and oxygen atoms in total. The number of hydrogen-bond donors (Lipinski definition) is 0. The summed E-state index contributed by atoms with van der Waals surface area (Å²) in [7, 11) is 0. The Balaban J connectivity index is 2.33. The number of carbonyl (C=O) groups excluding carboxylic acids is 1. The molecule has 3 atom stereocenters. The molecule has 3 unspecified atom stereocenters. The Bertz CT molecular complexity index is 686. The Kier molecular flexibility index (Phi) is 9.22. The van der Waals surface area contributed by atoms with Gasteiger partial charge in [0.1, 0.15) is 0 Å². The highest BCUT2D eigenvalue weighted by Gasteiger charge is 2.28. The third-order valence-electron chi connectivity index (χ3n) is 5.54. The Morgan fingerprint density at radius 2 is 1.57 bits per heavy atom. The monoisotopic (exact) mass is 381 g/mol. The molecule has 0 saturated heterocycles. The molecule has 0 fully saturated rings. The third-order valence-corrected chi connectivity index (χ3v) is 5.54. The highest BCUT2D eigenvalue weighted by atomic mass is 16.5. The Labute approximate surface area is 170 Å². The number of hydrogen-bond acceptors (Lipinski definition) is 3. The van der Waals surface area contributed by atoms with Crippen LogP contribution in [0.3, 0.4) is 0 Å². The zero-order valence-corrected chi connectivity index (χ0v) is 17.8. The van der Waals surface area contributed by atoms with E-state index in [1.807, 2.05) is 19.1 Å². The van der Waals surface area contributed by atoms with Crippen LogP contribution >= 0.6 is 0 Å². The number of benzene rings is 2. The lowest BCUT2D eigenvalue weighted by Gasteiger charge is -2.38. The van der Waals surface area contributed by atoms with Crippen molar-refractivity contribution in [2.45, 2.75) is 65.6 Å². The summed E-state index contributed by atoms with van der Waals surface area (Å²) < 4.78 is 5.31.